The fourth-order valence-corrected chi connectivity index (χ4v) is 4.59. The molecular weight excluding hydrogens is 200 g/mol. The highest BCUT2D eigenvalue weighted by Gasteiger charge is 2.66. The van der Waals surface area contributed by atoms with Crippen molar-refractivity contribution < 1.29 is 9.84 Å². The van der Waals surface area contributed by atoms with E-state index in [1.54, 1.807) is 0 Å². The minimum absolute atomic E-state index is 0.0317. The van der Waals surface area contributed by atoms with E-state index in [-0.39, 0.29) is 22.7 Å². The first kappa shape index (κ1) is 11.0. The minimum Gasteiger partial charge on any atom is -0.390 e. The summed E-state index contributed by atoms with van der Waals surface area (Å²) in [5.41, 5.74) is -0.0390. The Morgan fingerprint density at radius 3 is 2.62 bits per heavy atom. The average molecular weight is 224 g/mol. The Morgan fingerprint density at radius 2 is 1.88 bits per heavy atom. The molecule has 3 aliphatic rings. The van der Waals surface area contributed by atoms with E-state index in [0.29, 0.717) is 5.92 Å². The molecule has 2 saturated carbocycles. The zero-order valence-corrected chi connectivity index (χ0v) is 10.8. The lowest BCUT2D eigenvalue weighted by Gasteiger charge is -2.54. The predicted molar refractivity (Wildman–Crippen MR) is 63.2 cm³/mol. The second-order valence-corrected chi connectivity index (χ2v) is 7.00. The van der Waals surface area contributed by atoms with Crippen molar-refractivity contribution in [3.63, 3.8) is 0 Å². The summed E-state index contributed by atoms with van der Waals surface area (Å²) in [6, 6.07) is 0. The lowest BCUT2D eigenvalue weighted by molar-refractivity contribution is -0.218. The molecule has 2 heteroatoms. The molecule has 0 amide bonds. The number of rotatable bonds is 0. The Labute approximate surface area is 98.4 Å². The predicted octanol–water partition coefficient (Wildman–Crippen LogP) is 2.89. The first-order valence-corrected chi connectivity index (χ1v) is 6.78. The van der Waals surface area contributed by atoms with E-state index in [1.807, 2.05) is 0 Å². The van der Waals surface area contributed by atoms with E-state index in [0.717, 1.165) is 19.3 Å². The molecule has 0 aromatic heterocycles. The first-order valence-electron chi connectivity index (χ1n) is 6.78. The van der Waals surface area contributed by atoms with Crippen molar-refractivity contribution in [2.45, 2.75) is 76.6 Å². The number of ether oxygens (including phenoxy) is 1. The molecule has 92 valence electrons. The van der Waals surface area contributed by atoms with Crippen LogP contribution in [0.1, 0.15) is 59.3 Å². The van der Waals surface area contributed by atoms with Crippen molar-refractivity contribution >= 4 is 0 Å². The highest BCUT2D eigenvalue weighted by Crippen LogP contribution is 2.63. The van der Waals surface area contributed by atoms with Crippen molar-refractivity contribution in [3.8, 4) is 0 Å². The van der Waals surface area contributed by atoms with E-state index in [9.17, 15) is 5.11 Å². The van der Waals surface area contributed by atoms with Crippen LogP contribution in [0, 0.1) is 11.3 Å². The molecule has 1 heterocycles. The molecule has 0 aromatic rings. The second-order valence-electron chi connectivity index (χ2n) is 7.00. The lowest BCUT2D eigenvalue weighted by atomic mass is 9.55. The van der Waals surface area contributed by atoms with Crippen LogP contribution in [0.4, 0.5) is 0 Å². The van der Waals surface area contributed by atoms with Crippen LogP contribution in [0.25, 0.3) is 0 Å². The van der Waals surface area contributed by atoms with Crippen LogP contribution in [-0.4, -0.2) is 22.4 Å². The molecule has 2 nitrogen and oxygen atoms in total. The van der Waals surface area contributed by atoms with Crippen molar-refractivity contribution in [3.05, 3.63) is 0 Å². The molecular formula is C14H24O2. The summed E-state index contributed by atoms with van der Waals surface area (Å²) in [5, 5.41) is 10.5. The third-order valence-corrected chi connectivity index (χ3v) is 5.79. The third kappa shape index (κ3) is 1.15. The van der Waals surface area contributed by atoms with Crippen LogP contribution in [0.3, 0.4) is 0 Å². The van der Waals surface area contributed by atoms with Crippen LogP contribution in [0.15, 0.2) is 0 Å². The number of hydrogen-bond donors (Lipinski definition) is 1. The maximum atomic E-state index is 10.5. The topological polar surface area (TPSA) is 29.5 Å². The van der Waals surface area contributed by atoms with Gasteiger partial charge in [0, 0.05) is 0 Å². The van der Waals surface area contributed by atoms with Gasteiger partial charge in [0.25, 0.3) is 0 Å². The highest BCUT2D eigenvalue weighted by atomic mass is 16.5. The molecule has 1 saturated heterocycles. The summed E-state index contributed by atoms with van der Waals surface area (Å²) in [6.07, 6.45) is 6.67. The second kappa shape index (κ2) is 3.02. The SMILES string of the molecule is CC1(C)O[C@@]23C[C@H]1CC[C@]2(C)CCC[C@@H]3O. The van der Waals surface area contributed by atoms with Gasteiger partial charge in [-0.3, -0.25) is 0 Å². The first-order chi connectivity index (χ1) is 7.40. The Bertz CT molecular complexity index is 312. The van der Waals surface area contributed by atoms with Crippen LogP contribution in [0.5, 0.6) is 0 Å². The van der Waals surface area contributed by atoms with Gasteiger partial charge in [0.1, 0.15) is 5.60 Å². The minimum atomic E-state index is -0.240. The smallest absolute Gasteiger partial charge is 0.100 e. The quantitative estimate of drug-likeness (QED) is 0.685. The highest BCUT2D eigenvalue weighted by molar-refractivity contribution is 5.15. The summed E-state index contributed by atoms with van der Waals surface area (Å²) in [6.45, 7) is 6.76. The van der Waals surface area contributed by atoms with Crippen molar-refractivity contribution in [2.75, 3.05) is 0 Å². The third-order valence-electron chi connectivity index (χ3n) is 5.79. The van der Waals surface area contributed by atoms with Gasteiger partial charge < -0.3 is 9.84 Å². The molecule has 16 heavy (non-hydrogen) atoms. The molecule has 0 unspecified atom stereocenters. The van der Waals surface area contributed by atoms with Crippen molar-refractivity contribution in [1.82, 2.24) is 0 Å². The Balaban J connectivity index is 2.04. The Hall–Kier alpha value is -0.0800. The summed E-state index contributed by atoms with van der Waals surface area (Å²) in [4.78, 5) is 0. The summed E-state index contributed by atoms with van der Waals surface area (Å²) >= 11 is 0. The fourth-order valence-electron chi connectivity index (χ4n) is 4.59. The molecule has 1 aliphatic heterocycles. The van der Waals surface area contributed by atoms with Gasteiger partial charge >= 0.3 is 0 Å². The Morgan fingerprint density at radius 1 is 1.12 bits per heavy atom. The molecule has 3 rings (SSSR count). The van der Waals surface area contributed by atoms with Gasteiger partial charge in [-0.25, -0.2) is 0 Å². The van der Waals surface area contributed by atoms with Gasteiger partial charge in [-0.15, -0.1) is 0 Å². The van der Waals surface area contributed by atoms with Crippen molar-refractivity contribution in [1.29, 1.82) is 0 Å². The van der Waals surface area contributed by atoms with Crippen LogP contribution < -0.4 is 0 Å². The van der Waals surface area contributed by atoms with Gasteiger partial charge in [-0.1, -0.05) is 13.3 Å². The molecule has 0 aromatic carbocycles. The zero-order chi connectivity index (χ0) is 11.6. The standard InChI is InChI=1S/C14H24O2/c1-12(2)10-6-8-13(3)7-4-5-11(15)14(13,9-10)16-12/h10-11,15H,4-9H2,1-3H3/t10-,11+,13+,14-/m1/s1. The normalized spacial score (nSPS) is 54.8. The van der Waals surface area contributed by atoms with E-state index in [1.165, 1.54) is 19.3 Å². The van der Waals surface area contributed by atoms with Crippen LogP contribution >= 0.6 is 0 Å². The van der Waals surface area contributed by atoms with Gasteiger partial charge in [0.15, 0.2) is 0 Å². The number of hydrogen-bond acceptors (Lipinski definition) is 2. The monoisotopic (exact) mass is 224 g/mol. The molecule has 3 fully saturated rings. The van der Waals surface area contributed by atoms with E-state index >= 15 is 0 Å². The summed E-state index contributed by atoms with van der Waals surface area (Å²) < 4.78 is 6.43. The van der Waals surface area contributed by atoms with Crippen molar-refractivity contribution in [2.24, 2.45) is 11.3 Å². The van der Waals surface area contributed by atoms with Gasteiger partial charge in [-0.2, -0.15) is 0 Å². The maximum absolute atomic E-state index is 10.5. The lowest BCUT2D eigenvalue weighted by Crippen LogP contribution is -2.58. The Kier molecular flexibility index (Phi) is 2.09. The largest absolute Gasteiger partial charge is 0.390 e. The van der Waals surface area contributed by atoms with Gasteiger partial charge in [-0.05, 0) is 57.3 Å². The van der Waals surface area contributed by atoms with Gasteiger partial charge in [0.2, 0.25) is 0 Å². The number of aliphatic hydroxyl groups is 1. The summed E-state index contributed by atoms with van der Waals surface area (Å²) in [5.74, 6) is 0.647. The molecule has 4 atom stereocenters. The van der Waals surface area contributed by atoms with E-state index in [2.05, 4.69) is 20.8 Å². The fraction of sp³-hybridized carbons (Fsp3) is 1.00. The molecule has 2 bridgehead atoms. The zero-order valence-electron chi connectivity index (χ0n) is 10.8. The van der Waals surface area contributed by atoms with Gasteiger partial charge in [0.05, 0.1) is 11.7 Å². The molecule has 1 spiro atoms. The van der Waals surface area contributed by atoms with Crippen LogP contribution in [0.2, 0.25) is 0 Å². The van der Waals surface area contributed by atoms with Crippen LogP contribution in [-0.2, 0) is 4.74 Å². The molecule has 1 N–H and O–H groups in total. The summed E-state index contributed by atoms with van der Waals surface area (Å²) in [7, 11) is 0. The van der Waals surface area contributed by atoms with E-state index in [4.69, 9.17) is 4.74 Å². The number of fused-ring (bicyclic) bond motifs is 1. The maximum Gasteiger partial charge on any atom is 0.100 e. The number of aliphatic hydroxyl groups excluding tert-OH is 1. The average Bonchev–Trinajstić information content (AvgIpc) is 2.42. The van der Waals surface area contributed by atoms with E-state index < -0.39 is 0 Å². The molecule has 2 aliphatic carbocycles. The molecule has 0 radical (unpaired) electrons.